The number of nitrogens with zero attached hydrogens (tertiary/aromatic N) is 2. The van der Waals surface area contributed by atoms with E-state index in [9.17, 15) is 5.11 Å². The van der Waals surface area contributed by atoms with Crippen molar-refractivity contribution in [2.75, 3.05) is 0 Å². The van der Waals surface area contributed by atoms with E-state index >= 15 is 0 Å². The molecule has 0 aliphatic rings. The van der Waals surface area contributed by atoms with Gasteiger partial charge in [0.2, 0.25) is 5.89 Å². The van der Waals surface area contributed by atoms with Gasteiger partial charge in [-0.3, -0.25) is 4.98 Å². The van der Waals surface area contributed by atoms with E-state index in [0.717, 1.165) is 5.56 Å². The summed E-state index contributed by atoms with van der Waals surface area (Å²) in [6.45, 7) is 1.66. The van der Waals surface area contributed by atoms with Crippen LogP contribution >= 0.6 is 0 Å². The summed E-state index contributed by atoms with van der Waals surface area (Å²) in [5.74, 6) is 0.793. The highest BCUT2D eigenvalue weighted by Crippen LogP contribution is 2.30. The van der Waals surface area contributed by atoms with Gasteiger partial charge in [-0.15, -0.1) is 0 Å². The second-order valence-electron chi connectivity index (χ2n) is 4.68. The number of rotatable bonds is 3. The van der Waals surface area contributed by atoms with Crippen molar-refractivity contribution in [3.05, 3.63) is 72.4 Å². The van der Waals surface area contributed by atoms with Gasteiger partial charge in [0.15, 0.2) is 11.4 Å². The number of aromatic nitrogens is 2. The molecule has 100 valence electrons. The second kappa shape index (κ2) is 4.90. The first kappa shape index (κ1) is 12.6. The number of hydrogen-bond acceptors (Lipinski definition) is 4. The van der Waals surface area contributed by atoms with E-state index in [0.29, 0.717) is 11.5 Å². The fourth-order valence-corrected chi connectivity index (χ4v) is 2.01. The zero-order valence-electron chi connectivity index (χ0n) is 11.0. The van der Waals surface area contributed by atoms with Crippen molar-refractivity contribution in [1.82, 2.24) is 9.97 Å². The Balaban J connectivity index is 1.98. The number of oxazole rings is 1. The molecule has 0 spiro atoms. The van der Waals surface area contributed by atoms with Crippen LogP contribution in [0, 0.1) is 0 Å². The highest BCUT2D eigenvalue weighted by Gasteiger charge is 2.31. The molecule has 1 atom stereocenters. The van der Waals surface area contributed by atoms with Crippen molar-refractivity contribution >= 4 is 0 Å². The number of benzene rings is 1. The topological polar surface area (TPSA) is 59.2 Å². The van der Waals surface area contributed by atoms with E-state index in [2.05, 4.69) is 9.97 Å². The van der Waals surface area contributed by atoms with Gasteiger partial charge in [-0.25, -0.2) is 4.98 Å². The zero-order chi connectivity index (χ0) is 14.0. The first-order chi connectivity index (χ1) is 9.68. The van der Waals surface area contributed by atoms with Crippen LogP contribution in [0.1, 0.15) is 18.4 Å². The lowest BCUT2D eigenvalue weighted by Gasteiger charge is -2.19. The normalized spacial score (nSPS) is 13.9. The minimum atomic E-state index is -1.27. The summed E-state index contributed by atoms with van der Waals surface area (Å²) >= 11 is 0. The molecule has 1 unspecified atom stereocenters. The van der Waals surface area contributed by atoms with Crippen LogP contribution < -0.4 is 0 Å². The fourth-order valence-electron chi connectivity index (χ4n) is 2.01. The molecule has 1 aromatic carbocycles. The highest BCUT2D eigenvalue weighted by molar-refractivity contribution is 5.50. The molecule has 4 nitrogen and oxygen atoms in total. The molecule has 0 amide bonds. The molecule has 0 saturated heterocycles. The van der Waals surface area contributed by atoms with Crippen molar-refractivity contribution in [3.63, 3.8) is 0 Å². The molecular weight excluding hydrogens is 252 g/mol. The van der Waals surface area contributed by atoms with Gasteiger partial charge in [-0.05, 0) is 24.6 Å². The molecule has 20 heavy (non-hydrogen) atoms. The summed E-state index contributed by atoms with van der Waals surface area (Å²) < 4.78 is 5.67. The van der Waals surface area contributed by atoms with Gasteiger partial charge < -0.3 is 9.52 Å². The Morgan fingerprint density at radius 3 is 2.45 bits per heavy atom. The number of pyridine rings is 1. The third kappa shape index (κ3) is 2.21. The Hall–Kier alpha value is -2.46. The predicted octanol–water partition coefficient (Wildman–Crippen LogP) is 2.99. The summed E-state index contributed by atoms with van der Waals surface area (Å²) in [4.78, 5) is 8.39. The van der Waals surface area contributed by atoms with E-state index < -0.39 is 5.60 Å². The number of aliphatic hydroxyl groups is 1. The Labute approximate surface area is 116 Å². The Morgan fingerprint density at radius 2 is 1.75 bits per heavy atom. The molecule has 4 heteroatoms. The van der Waals surface area contributed by atoms with Crippen LogP contribution in [0.5, 0.6) is 0 Å². The molecule has 3 aromatic rings. The quantitative estimate of drug-likeness (QED) is 0.791. The van der Waals surface area contributed by atoms with Gasteiger partial charge in [0.05, 0.1) is 6.20 Å². The number of hydrogen-bond donors (Lipinski definition) is 1. The van der Waals surface area contributed by atoms with Crippen LogP contribution in [0.3, 0.4) is 0 Å². The molecule has 0 saturated carbocycles. The lowest BCUT2D eigenvalue weighted by Crippen LogP contribution is -2.22. The predicted molar refractivity (Wildman–Crippen MR) is 74.8 cm³/mol. The van der Waals surface area contributed by atoms with E-state index in [4.69, 9.17) is 4.42 Å². The van der Waals surface area contributed by atoms with Gasteiger partial charge in [0.1, 0.15) is 5.69 Å². The van der Waals surface area contributed by atoms with Gasteiger partial charge >= 0.3 is 0 Å². The van der Waals surface area contributed by atoms with Gasteiger partial charge in [-0.2, -0.15) is 0 Å². The summed E-state index contributed by atoms with van der Waals surface area (Å²) in [5, 5.41) is 10.6. The van der Waals surface area contributed by atoms with Crippen LogP contribution in [0.2, 0.25) is 0 Å². The highest BCUT2D eigenvalue weighted by atomic mass is 16.4. The molecule has 1 N–H and O–H groups in total. The third-order valence-corrected chi connectivity index (χ3v) is 3.18. The minimum Gasteiger partial charge on any atom is -0.436 e. The Bertz CT molecular complexity index is 691. The monoisotopic (exact) mass is 266 g/mol. The van der Waals surface area contributed by atoms with E-state index in [1.54, 1.807) is 19.3 Å². The Kier molecular flexibility index (Phi) is 3.08. The van der Waals surface area contributed by atoms with Crippen LogP contribution in [0.4, 0.5) is 0 Å². The molecule has 0 fully saturated rings. The van der Waals surface area contributed by atoms with Crippen LogP contribution in [-0.4, -0.2) is 15.1 Å². The molecular formula is C16H14N2O2. The smallest absolute Gasteiger partial charge is 0.231 e. The standard InChI is InChI=1S/C16H14N2O2/c1-16(19,12-7-3-2-4-8-12)15-18-11-14(20-15)13-9-5-6-10-17-13/h2-11,19H,1H3. The summed E-state index contributed by atoms with van der Waals surface area (Å²) in [7, 11) is 0. The second-order valence-corrected chi connectivity index (χ2v) is 4.68. The van der Waals surface area contributed by atoms with Gasteiger partial charge in [-0.1, -0.05) is 36.4 Å². The van der Waals surface area contributed by atoms with Crippen molar-refractivity contribution in [1.29, 1.82) is 0 Å². The molecule has 2 aromatic heterocycles. The first-order valence-corrected chi connectivity index (χ1v) is 6.33. The molecule has 2 heterocycles. The maximum Gasteiger partial charge on any atom is 0.231 e. The molecule has 0 radical (unpaired) electrons. The molecule has 0 aliphatic heterocycles. The zero-order valence-corrected chi connectivity index (χ0v) is 11.0. The first-order valence-electron chi connectivity index (χ1n) is 6.33. The summed E-state index contributed by atoms with van der Waals surface area (Å²) in [6.07, 6.45) is 3.27. The van der Waals surface area contributed by atoms with E-state index in [1.165, 1.54) is 0 Å². The maximum atomic E-state index is 10.6. The molecule has 0 aliphatic carbocycles. The van der Waals surface area contributed by atoms with E-state index in [1.807, 2.05) is 48.5 Å². The van der Waals surface area contributed by atoms with Crippen LogP contribution in [0.15, 0.2) is 65.3 Å². The average Bonchev–Trinajstić information content (AvgIpc) is 3.00. The summed E-state index contributed by atoms with van der Waals surface area (Å²) in [6, 6.07) is 14.9. The van der Waals surface area contributed by atoms with Gasteiger partial charge in [0.25, 0.3) is 0 Å². The van der Waals surface area contributed by atoms with Crippen molar-refractivity contribution < 1.29 is 9.52 Å². The SMILES string of the molecule is CC(O)(c1ccccc1)c1ncc(-c2ccccn2)o1. The summed E-state index contributed by atoms with van der Waals surface area (Å²) in [5.41, 5.74) is 0.151. The molecule has 0 bridgehead atoms. The Morgan fingerprint density at radius 1 is 1.00 bits per heavy atom. The van der Waals surface area contributed by atoms with Crippen LogP contribution in [-0.2, 0) is 5.60 Å². The molecule has 3 rings (SSSR count). The lowest BCUT2D eigenvalue weighted by atomic mass is 9.96. The lowest BCUT2D eigenvalue weighted by molar-refractivity contribution is 0.0715. The van der Waals surface area contributed by atoms with Crippen LogP contribution in [0.25, 0.3) is 11.5 Å². The minimum absolute atomic E-state index is 0.254. The van der Waals surface area contributed by atoms with E-state index in [-0.39, 0.29) is 5.89 Å². The maximum absolute atomic E-state index is 10.6. The third-order valence-electron chi connectivity index (χ3n) is 3.18. The van der Waals surface area contributed by atoms with Crippen molar-refractivity contribution in [2.24, 2.45) is 0 Å². The largest absolute Gasteiger partial charge is 0.436 e. The average molecular weight is 266 g/mol. The van der Waals surface area contributed by atoms with Gasteiger partial charge in [0, 0.05) is 6.20 Å². The van der Waals surface area contributed by atoms with Crippen molar-refractivity contribution in [2.45, 2.75) is 12.5 Å². The fraction of sp³-hybridized carbons (Fsp3) is 0.125. The van der Waals surface area contributed by atoms with Crippen molar-refractivity contribution in [3.8, 4) is 11.5 Å².